The monoisotopic (exact) mass is 323 g/mol. The first-order valence-electron chi connectivity index (χ1n) is 7.42. The summed E-state index contributed by atoms with van der Waals surface area (Å²) in [5, 5.41) is 5.79. The van der Waals surface area contributed by atoms with Gasteiger partial charge in [-0.3, -0.25) is 4.79 Å². The minimum absolute atomic E-state index is 0.0990. The molecule has 3 nitrogen and oxygen atoms in total. The third kappa shape index (κ3) is 2.64. The largest absolute Gasteiger partial charge is 0.478 e. The van der Waals surface area contributed by atoms with Crippen LogP contribution in [-0.4, -0.2) is 12.0 Å². The molecule has 0 aromatic heterocycles. The van der Waals surface area contributed by atoms with E-state index in [-0.39, 0.29) is 11.9 Å². The number of hydrogen-bond acceptors (Lipinski definition) is 2. The first-order valence-corrected chi connectivity index (χ1v) is 7.80. The standard InChI is InChI=1S/C19H14ClNO2/c20-15-8-5-13(6-9-15)17-18(19(22)21-17)23-16-10-7-12-3-1-2-4-14(12)11-16/h1-11,17-18H,(H,21,22)/t17-,18+/m0/s1. The van der Waals surface area contributed by atoms with Gasteiger partial charge in [-0.05, 0) is 40.6 Å². The zero-order chi connectivity index (χ0) is 15.8. The van der Waals surface area contributed by atoms with Crippen LogP contribution in [0.25, 0.3) is 10.8 Å². The van der Waals surface area contributed by atoms with E-state index in [0.717, 1.165) is 16.3 Å². The summed E-state index contributed by atoms with van der Waals surface area (Å²) >= 11 is 5.91. The Morgan fingerprint density at radius 2 is 1.65 bits per heavy atom. The van der Waals surface area contributed by atoms with Crippen molar-refractivity contribution in [3.63, 3.8) is 0 Å². The fourth-order valence-corrected chi connectivity index (χ4v) is 2.93. The number of benzene rings is 3. The molecule has 0 saturated carbocycles. The maximum atomic E-state index is 11.9. The number of hydrogen-bond donors (Lipinski definition) is 1. The van der Waals surface area contributed by atoms with E-state index in [9.17, 15) is 4.79 Å². The van der Waals surface area contributed by atoms with Crippen molar-refractivity contribution < 1.29 is 9.53 Å². The molecular formula is C19H14ClNO2. The average molecular weight is 324 g/mol. The van der Waals surface area contributed by atoms with Crippen LogP contribution < -0.4 is 10.1 Å². The molecule has 1 aliphatic rings. The van der Waals surface area contributed by atoms with E-state index in [1.54, 1.807) is 0 Å². The molecule has 0 bridgehead atoms. The van der Waals surface area contributed by atoms with E-state index in [0.29, 0.717) is 10.8 Å². The van der Waals surface area contributed by atoms with E-state index in [2.05, 4.69) is 5.32 Å². The molecule has 0 spiro atoms. The molecule has 1 heterocycles. The number of β-lactam (4-membered cyclic amide) rings is 1. The molecule has 1 amide bonds. The number of carbonyl (C=O) groups is 1. The van der Waals surface area contributed by atoms with Gasteiger partial charge in [0, 0.05) is 5.02 Å². The molecule has 4 rings (SSSR count). The van der Waals surface area contributed by atoms with Gasteiger partial charge in [-0.15, -0.1) is 0 Å². The minimum Gasteiger partial charge on any atom is -0.478 e. The van der Waals surface area contributed by atoms with Crippen molar-refractivity contribution in [2.45, 2.75) is 12.1 Å². The van der Waals surface area contributed by atoms with Crippen molar-refractivity contribution in [3.8, 4) is 5.75 Å². The lowest BCUT2D eigenvalue weighted by atomic mass is 9.94. The topological polar surface area (TPSA) is 38.3 Å². The first-order chi connectivity index (χ1) is 11.2. The highest BCUT2D eigenvalue weighted by atomic mass is 35.5. The van der Waals surface area contributed by atoms with Gasteiger partial charge in [0.05, 0.1) is 0 Å². The zero-order valence-electron chi connectivity index (χ0n) is 12.2. The SMILES string of the molecule is O=C1N[C@@H](c2ccc(Cl)cc2)[C@H]1Oc1ccc2ccccc2c1. The lowest BCUT2D eigenvalue weighted by Gasteiger charge is -2.36. The van der Waals surface area contributed by atoms with E-state index in [1.807, 2.05) is 66.7 Å². The van der Waals surface area contributed by atoms with Crippen molar-refractivity contribution in [2.24, 2.45) is 0 Å². The van der Waals surface area contributed by atoms with Crippen LogP contribution in [0.5, 0.6) is 5.75 Å². The Hall–Kier alpha value is -2.52. The molecule has 0 unspecified atom stereocenters. The normalized spacial score (nSPS) is 20.0. The Bertz CT molecular complexity index is 876. The predicted molar refractivity (Wildman–Crippen MR) is 90.7 cm³/mol. The van der Waals surface area contributed by atoms with Crippen molar-refractivity contribution in [2.75, 3.05) is 0 Å². The fourth-order valence-electron chi connectivity index (χ4n) is 2.80. The Labute approximate surface area is 138 Å². The maximum absolute atomic E-state index is 11.9. The van der Waals surface area contributed by atoms with Crippen LogP contribution in [0.4, 0.5) is 0 Å². The molecular weight excluding hydrogens is 310 g/mol. The van der Waals surface area contributed by atoms with Gasteiger partial charge in [0.15, 0.2) is 0 Å². The molecule has 1 saturated heterocycles. The number of nitrogens with one attached hydrogen (secondary N) is 1. The molecule has 23 heavy (non-hydrogen) atoms. The summed E-state index contributed by atoms with van der Waals surface area (Å²) in [5.74, 6) is 0.598. The predicted octanol–water partition coefficient (Wildman–Crippen LogP) is 4.11. The van der Waals surface area contributed by atoms with Crippen LogP contribution in [0.1, 0.15) is 11.6 Å². The Kier molecular flexibility index (Phi) is 3.43. The first kappa shape index (κ1) is 14.1. The zero-order valence-corrected chi connectivity index (χ0v) is 13.0. The highest BCUT2D eigenvalue weighted by molar-refractivity contribution is 6.30. The molecule has 1 N–H and O–H groups in total. The summed E-state index contributed by atoms with van der Waals surface area (Å²) in [6, 6.07) is 21.2. The average Bonchev–Trinajstić information content (AvgIpc) is 2.58. The van der Waals surface area contributed by atoms with E-state index in [1.165, 1.54) is 0 Å². The van der Waals surface area contributed by atoms with Crippen LogP contribution in [-0.2, 0) is 4.79 Å². The third-order valence-corrected chi connectivity index (χ3v) is 4.32. The lowest BCUT2D eigenvalue weighted by molar-refractivity contribution is -0.140. The van der Waals surface area contributed by atoms with E-state index < -0.39 is 6.10 Å². The van der Waals surface area contributed by atoms with Crippen molar-refractivity contribution in [1.82, 2.24) is 5.32 Å². The van der Waals surface area contributed by atoms with Crippen molar-refractivity contribution in [1.29, 1.82) is 0 Å². The summed E-state index contributed by atoms with van der Waals surface area (Å²) in [5.41, 5.74) is 0.986. The van der Waals surface area contributed by atoms with Gasteiger partial charge in [0.25, 0.3) is 5.91 Å². The third-order valence-electron chi connectivity index (χ3n) is 4.07. The molecule has 1 fully saturated rings. The summed E-state index contributed by atoms with van der Waals surface area (Å²) < 4.78 is 5.92. The Morgan fingerprint density at radius 1 is 0.913 bits per heavy atom. The number of ether oxygens (including phenoxy) is 1. The molecule has 3 aromatic carbocycles. The molecule has 4 heteroatoms. The number of fused-ring (bicyclic) bond motifs is 1. The Balaban J connectivity index is 1.58. The van der Waals surface area contributed by atoms with Crippen LogP contribution in [0.15, 0.2) is 66.7 Å². The van der Waals surface area contributed by atoms with E-state index in [4.69, 9.17) is 16.3 Å². The number of carbonyl (C=O) groups excluding carboxylic acids is 1. The van der Waals surface area contributed by atoms with Crippen LogP contribution in [0.2, 0.25) is 5.02 Å². The Morgan fingerprint density at radius 3 is 2.39 bits per heavy atom. The van der Waals surface area contributed by atoms with Crippen molar-refractivity contribution >= 4 is 28.3 Å². The van der Waals surface area contributed by atoms with Gasteiger partial charge in [-0.1, -0.05) is 54.1 Å². The summed E-state index contributed by atoms with van der Waals surface area (Å²) in [6.45, 7) is 0. The van der Waals surface area contributed by atoms with Crippen LogP contribution >= 0.6 is 11.6 Å². The van der Waals surface area contributed by atoms with Crippen LogP contribution in [0, 0.1) is 0 Å². The van der Waals surface area contributed by atoms with Gasteiger partial charge in [-0.25, -0.2) is 0 Å². The minimum atomic E-state index is -0.516. The quantitative estimate of drug-likeness (QED) is 0.737. The van der Waals surface area contributed by atoms with E-state index >= 15 is 0 Å². The molecule has 0 radical (unpaired) electrons. The highest BCUT2D eigenvalue weighted by Gasteiger charge is 2.42. The number of halogens is 1. The molecule has 114 valence electrons. The van der Waals surface area contributed by atoms with Crippen LogP contribution in [0.3, 0.4) is 0 Å². The summed E-state index contributed by atoms with van der Waals surface area (Å²) in [4.78, 5) is 11.9. The fraction of sp³-hybridized carbons (Fsp3) is 0.105. The van der Waals surface area contributed by atoms with Gasteiger partial charge in [-0.2, -0.15) is 0 Å². The molecule has 1 aliphatic heterocycles. The molecule has 3 aromatic rings. The second kappa shape index (κ2) is 5.60. The van der Waals surface area contributed by atoms with Gasteiger partial charge >= 0.3 is 0 Å². The van der Waals surface area contributed by atoms with Crippen molar-refractivity contribution in [3.05, 3.63) is 77.3 Å². The van der Waals surface area contributed by atoms with Gasteiger partial charge in [0.1, 0.15) is 11.8 Å². The second-order valence-electron chi connectivity index (χ2n) is 5.59. The smallest absolute Gasteiger partial charge is 0.264 e. The number of amides is 1. The molecule has 2 atom stereocenters. The lowest BCUT2D eigenvalue weighted by Crippen LogP contribution is -2.58. The van der Waals surface area contributed by atoms with Gasteiger partial charge in [0.2, 0.25) is 6.10 Å². The number of rotatable bonds is 3. The summed E-state index contributed by atoms with van der Waals surface area (Å²) in [7, 11) is 0. The van der Waals surface area contributed by atoms with Gasteiger partial charge < -0.3 is 10.1 Å². The second-order valence-corrected chi connectivity index (χ2v) is 6.02. The highest BCUT2D eigenvalue weighted by Crippen LogP contribution is 2.30. The summed E-state index contributed by atoms with van der Waals surface area (Å²) in [6.07, 6.45) is -0.516. The maximum Gasteiger partial charge on any atom is 0.264 e. The molecule has 0 aliphatic carbocycles.